The van der Waals surface area contributed by atoms with Crippen molar-refractivity contribution in [3.63, 3.8) is 0 Å². The molecule has 160 valence electrons. The van der Waals surface area contributed by atoms with Gasteiger partial charge in [0.1, 0.15) is 11.5 Å². The lowest BCUT2D eigenvalue weighted by Crippen LogP contribution is -2.13. The number of hydrogen-bond donors (Lipinski definition) is 1. The van der Waals surface area contributed by atoms with Gasteiger partial charge in [0.2, 0.25) is 0 Å². The summed E-state index contributed by atoms with van der Waals surface area (Å²) in [5, 5.41) is 2.99. The van der Waals surface area contributed by atoms with E-state index in [1.807, 2.05) is 91.9 Å². The molecule has 0 radical (unpaired) electrons. The van der Waals surface area contributed by atoms with Gasteiger partial charge in [-0.3, -0.25) is 4.79 Å². The summed E-state index contributed by atoms with van der Waals surface area (Å²) >= 11 is 0. The summed E-state index contributed by atoms with van der Waals surface area (Å²) in [4.78, 5) is 17.5. The summed E-state index contributed by atoms with van der Waals surface area (Å²) in [7, 11) is 3.27. The Balaban J connectivity index is 1.65. The molecule has 3 aromatic carbocycles. The fourth-order valence-electron chi connectivity index (χ4n) is 3.54. The molecule has 0 aliphatic carbocycles. The van der Waals surface area contributed by atoms with Crippen LogP contribution in [-0.2, 0) is 0 Å². The van der Waals surface area contributed by atoms with Gasteiger partial charge >= 0.3 is 0 Å². The molecular formula is C27H24N2O3. The number of nitrogens with zero attached hydrogens (tertiary/aromatic N) is 1. The van der Waals surface area contributed by atoms with Crippen LogP contribution in [-0.4, -0.2) is 25.1 Å². The van der Waals surface area contributed by atoms with Crippen molar-refractivity contribution in [3.05, 3.63) is 96.1 Å². The quantitative estimate of drug-likeness (QED) is 0.413. The van der Waals surface area contributed by atoms with Crippen LogP contribution in [0.5, 0.6) is 11.5 Å². The number of rotatable bonds is 6. The third-order valence-corrected chi connectivity index (χ3v) is 5.24. The lowest BCUT2D eigenvalue weighted by Gasteiger charge is -2.12. The standard InChI is InChI=1S/C27H24N2O3/c1-18-8-4-5-11-22(18)27(30)28-20-10-6-9-19(16-20)24-12-7-13-25(29-24)23-17-21(31-2)14-15-26(23)32-3/h4-17H,1-3H3,(H,28,30). The number of nitrogens with one attached hydrogen (secondary N) is 1. The number of aromatic nitrogens is 1. The minimum absolute atomic E-state index is 0.136. The summed E-state index contributed by atoms with van der Waals surface area (Å²) in [5.41, 5.74) is 5.61. The topological polar surface area (TPSA) is 60.5 Å². The Morgan fingerprint density at radius 1 is 0.812 bits per heavy atom. The first kappa shape index (κ1) is 21.1. The molecule has 1 N–H and O–H groups in total. The zero-order valence-corrected chi connectivity index (χ0v) is 18.3. The smallest absolute Gasteiger partial charge is 0.255 e. The van der Waals surface area contributed by atoms with E-state index in [1.54, 1.807) is 14.2 Å². The molecule has 0 bridgehead atoms. The lowest BCUT2D eigenvalue weighted by molar-refractivity contribution is 0.102. The molecule has 1 heterocycles. The molecule has 0 unspecified atom stereocenters. The van der Waals surface area contributed by atoms with E-state index in [2.05, 4.69) is 5.32 Å². The molecule has 0 fully saturated rings. The molecule has 1 amide bonds. The van der Waals surface area contributed by atoms with E-state index >= 15 is 0 Å². The molecular weight excluding hydrogens is 400 g/mol. The fourth-order valence-corrected chi connectivity index (χ4v) is 3.54. The SMILES string of the molecule is COc1ccc(OC)c(-c2cccc(-c3cccc(NC(=O)c4ccccc4C)c3)n2)c1. The molecule has 4 rings (SSSR count). The lowest BCUT2D eigenvalue weighted by atomic mass is 10.1. The van der Waals surface area contributed by atoms with Crippen LogP contribution >= 0.6 is 0 Å². The van der Waals surface area contributed by atoms with E-state index < -0.39 is 0 Å². The van der Waals surface area contributed by atoms with Crippen LogP contribution < -0.4 is 14.8 Å². The average Bonchev–Trinajstić information content (AvgIpc) is 2.84. The summed E-state index contributed by atoms with van der Waals surface area (Å²) in [6.45, 7) is 1.92. The van der Waals surface area contributed by atoms with E-state index in [4.69, 9.17) is 14.5 Å². The van der Waals surface area contributed by atoms with E-state index in [0.717, 1.165) is 39.6 Å². The third kappa shape index (κ3) is 4.47. The predicted molar refractivity (Wildman–Crippen MR) is 127 cm³/mol. The van der Waals surface area contributed by atoms with Gasteiger partial charge in [-0.15, -0.1) is 0 Å². The minimum atomic E-state index is -0.136. The van der Waals surface area contributed by atoms with Crippen molar-refractivity contribution in [2.45, 2.75) is 6.92 Å². The third-order valence-electron chi connectivity index (χ3n) is 5.24. The second-order valence-electron chi connectivity index (χ2n) is 7.32. The van der Waals surface area contributed by atoms with Gasteiger partial charge < -0.3 is 14.8 Å². The first-order valence-electron chi connectivity index (χ1n) is 10.3. The van der Waals surface area contributed by atoms with Gasteiger partial charge in [0.25, 0.3) is 5.91 Å². The maximum Gasteiger partial charge on any atom is 0.255 e. The van der Waals surface area contributed by atoms with Crippen molar-refractivity contribution in [1.29, 1.82) is 0 Å². The van der Waals surface area contributed by atoms with E-state index in [1.165, 1.54) is 0 Å². The van der Waals surface area contributed by atoms with Crippen LogP contribution in [0.15, 0.2) is 84.9 Å². The largest absolute Gasteiger partial charge is 0.497 e. The highest BCUT2D eigenvalue weighted by atomic mass is 16.5. The summed E-state index contributed by atoms with van der Waals surface area (Å²) in [6, 6.07) is 26.7. The summed E-state index contributed by atoms with van der Waals surface area (Å²) < 4.78 is 10.9. The minimum Gasteiger partial charge on any atom is -0.497 e. The van der Waals surface area contributed by atoms with E-state index in [-0.39, 0.29) is 5.91 Å². The summed E-state index contributed by atoms with van der Waals surface area (Å²) in [6.07, 6.45) is 0. The van der Waals surface area contributed by atoms with Crippen molar-refractivity contribution < 1.29 is 14.3 Å². The Kier molecular flexibility index (Phi) is 6.17. The van der Waals surface area contributed by atoms with Crippen LogP contribution in [0, 0.1) is 6.92 Å². The summed E-state index contributed by atoms with van der Waals surface area (Å²) in [5.74, 6) is 1.31. The van der Waals surface area contributed by atoms with Gasteiger partial charge in [-0.1, -0.05) is 36.4 Å². The number of ether oxygens (including phenoxy) is 2. The molecule has 32 heavy (non-hydrogen) atoms. The second kappa shape index (κ2) is 9.35. The first-order chi connectivity index (χ1) is 15.6. The number of carbonyl (C=O) groups is 1. The molecule has 5 heteroatoms. The average molecular weight is 425 g/mol. The van der Waals surface area contributed by atoms with Crippen molar-refractivity contribution in [2.24, 2.45) is 0 Å². The number of pyridine rings is 1. The zero-order valence-electron chi connectivity index (χ0n) is 18.3. The van der Waals surface area contributed by atoms with Gasteiger partial charge in [0, 0.05) is 22.4 Å². The number of benzene rings is 3. The molecule has 4 aromatic rings. The van der Waals surface area contributed by atoms with Crippen LogP contribution in [0.4, 0.5) is 5.69 Å². The van der Waals surface area contributed by atoms with Crippen LogP contribution in [0.25, 0.3) is 22.5 Å². The van der Waals surface area contributed by atoms with E-state index in [9.17, 15) is 4.79 Å². The number of amides is 1. The zero-order chi connectivity index (χ0) is 22.5. The Morgan fingerprint density at radius 3 is 2.38 bits per heavy atom. The van der Waals surface area contributed by atoms with Gasteiger partial charge in [0.05, 0.1) is 25.6 Å². The van der Waals surface area contributed by atoms with Crippen LogP contribution in [0.3, 0.4) is 0 Å². The molecule has 0 aliphatic heterocycles. The predicted octanol–water partition coefficient (Wildman–Crippen LogP) is 5.99. The Morgan fingerprint density at radius 2 is 1.59 bits per heavy atom. The number of methoxy groups -OCH3 is 2. The number of anilines is 1. The monoisotopic (exact) mass is 424 g/mol. The van der Waals surface area contributed by atoms with Crippen molar-refractivity contribution in [1.82, 2.24) is 4.98 Å². The molecule has 0 atom stereocenters. The van der Waals surface area contributed by atoms with Crippen LogP contribution in [0.1, 0.15) is 15.9 Å². The number of aryl methyl sites for hydroxylation is 1. The van der Waals surface area contributed by atoms with Gasteiger partial charge in [0.15, 0.2) is 0 Å². The highest BCUT2D eigenvalue weighted by molar-refractivity contribution is 6.05. The Bertz CT molecular complexity index is 1270. The maximum absolute atomic E-state index is 12.7. The second-order valence-corrected chi connectivity index (χ2v) is 7.32. The molecule has 0 saturated heterocycles. The normalized spacial score (nSPS) is 10.5. The maximum atomic E-state index is 12.7. The van der Waals surface area contributed by atoms with Crippen molar-refractivity contribution in [2.75, 3.05) is 19.5 Å². The number of hydrogen-bond acceptors (Lipinski definition) is 4. The molecule has 5 nitrogen and oxygen atoms in total. The Labute approximate surface area is 187 Å². The fraction of sp³-hybridized carbons (Fsp3) is 0.111. The highest BCUT2D eigenvalue weighted by Crippen LogP contribution is 2.33. The molecule has 0 spiro atoms. The molecule has 0 aliphatic rings. The molecule has 0 saturated carbocycles. The van der Waals surface area contributed by atoms with Gasteiger partial charge in [-0.2, -0.15) is 0 Å². The number of carbonyl (C=O) groups excluding carboxylic acids is 1. The van der Waals surface area contributed by atoms with Gasteiger partial charge in [-0.25, -0.2) is 4.98 Å². The highest BCUT2D eigenvalue weighted by Gasteiger charge is 2.12. The van der Waals surface area contributed by atoms with Crippen molar-refractivity contribution >= 4 is 11.6 Å². The molecule has 1 aromatic heterocycles. The van der Waals surface area contributed by atoms with Gasteiger partial charge in [-0.05, 0) is 61.0 Å². The van der Waals surface area contributed by atoms with Crippen LogP contribution in [0.2, 0.25) is 0 Å². The van der Waals surface area contributed by atoms with Crippen molar-refractivity contribution in [3.8, 4) is 34.0 Å². The first-order valence-corrected chi connectivity index (χ1v) is 10.3. The van der Waals surface area contributed by atoms with E-state index in [0.29, 0.717) is 11.3 Å². The Hall–Kier alpha value is -4.12.